The molecule has 6 aliphatic rings. The molecule has 47 heavy (non-hydrogen) atoms. The first-order valence-electron chi connectivity index (χ1n) is 16.0. The molecular weight excluding hydrogens is 627 g/mol. The predicted octanol–water partition coefficient (Wildman–Crippen LogP) is 3.33. The lowest BCUT2D eigenvalue weighted by atomic mass is 9.38. The van der Waals surface area contributed by atoms with Gasteiger partial charge in [-0.25, -0.2) is 19.0 Å². The predicted molar refractivity (Wildman–Crippen MR) is 170 cm³/mol. The van der Waals surface area contributed by atoms with Gasteiger partial charge in [-0.1, -0.05) is 12.1 Å². The molecule has 2 amide bonds. The summed E-state index contributed by atoms with van der Waals surface area (Å²) in [6, 6.07) is 3.63. The number of urea groups is 1. The Morgan fingerprint density at radius 3 is 2.70 bits per heavy atom. The fourth-order valence-corrected chi connectivity index (χ4v) is 9.17. The van der Waals surface area contributed by atoms with E-state index in [1.807, 2.05) is 15.2 Å². The summed E-state index contributed by atoms with van der Waals surface area (Å²) in [5.41, 5.74) is 1.42. The van der Waals surface area contributed by atoms with Crippen LogP contribution in [0.1, 0.15) is 54.8 Å². The number of carbonyl (C=O) groups is 3. The monoisotopic (exact) mass is 666 g/mol. The van der Waals surface area contributed by atoms with Gasteiger partial charge in [0.25, 0.3) is 0 Å². The zero-order valence-electron chi connectivity index (χ0n) is 26.7. The third kappa shape index (κ3) is 5.30. The van der Waals surface area contributed by atoms with Crippen molar-refractivity contribution in [2.24, 2.45) is 10.4 Å². The number of thiazole rings is 1. The number of methoxy groups -OCH3 is 1. The number of carbonyl (C=O) groups excluding carboxylic acids is 2. The van der Waals surface area contributed by atoms with Crippen LogP contribution in [-0.2, 0) is 19.1 Å². The Kier molecular flexibility index (Phi) is 8.08. The Morgan fingerprint density at radius 2 is 2.02 bits per heavy atom. The fourth-order valence-electron chi connectivity index (χ4n) is 8.58. The zero-order chi connectivity index (χ0) is 33.1. The number of aliphatic carboxylic acids is 1. The quantitative estimate of drug-likeness (QED) is 0.346. The molecule has 0 unspecified atom stereocenters. The Bertz CT molecular complexity index is 1640. The van der Waals surface area contributed by atoms with Crippen molar-refractivity contribution in [3.63, 3.8) is 0 Å². The van der Waals surface area contributed by atoms with Crippen LogP contribution in [0.4, 0.5) is 9.18 Å². The number of piperazine rings is 1. The highest BCUT2D eigenvalue weighted by Gasteiger charge is 2.73. The second-order valence-electron chi connectivity index (χ2n) is 13.4. The van der Waals surface area contributed by atoms with Gasteiger partial charge in [0, 0.05) is 56.1 Å². The molecule has 1 aromatic carbocycles. The van der Waals surface area contributed by atoms with Gasteiger partial charge in [0.05, 0.1) is 37.3 Å². The number of aromatic nitrogens is 1. The first-order chi connectivity index (χ1) is 22.6. The average molecular weight is 667 g/mol. The van der Waals surface area contributed by atoms with E-state index in [2.05, 4.69) is 15.2 Å². The maximum Gasteiger partial charge on any atom is 0.338 e. The number of amides is 2. The standard InChI is InChI=1S/C33H39FN6O6S/c1-4-46-30(43)26-22(36-28(29-35-8-11-47-29)37-27(26)20-6-5-7-21(34)19(20)2)13-38-9-10-39-23(24(38)15-45-3)14-40(31(39)44)33-16-32(17-33,18-33)12-25(41)42/h5-8,11,23-24,27H,4,9-10,12-18H2,1-3H3,(H,36,37)(H,41,42)/t23-,24-,27+,32?,33?/m1/s1. The summed E-state index contributed by atoms with van der Waals surface area (Å²) < 4.78 is 26.2. The molecule has 2 saturated heterocycles. The minimum absolute atomic E-state index is 0.00132. The van der Waals surface area contributed by atoms with Crippen LogP contribution in [0.2, 0.25) is 0 Å². The Morgan fingerprint density at radius 1 is 1.23 bits per heavy atom. The van der Waals surface area contributed by atoms with Gasteiger partial charge >= 0.3 is 18.0 Å². The number of carboxylic acids is 1. The smallest absolute Gasteiger partial charge is 0.338 e. The molecule has 0 spiro atoms. The number of benzene rings is 1. The van der Waals surface area contributed by atoms with Crippen LogP contribution in [0.25, 0.3) is 0 Å². The first kappa shape index (κ1) is 31.7. The van der Waals surface area contributed by atoms with Crippen LogP contribution in [0.15, 0.2) is 46.0 Å². The zero-order valence-corrected chi connectivity index (χ0v) is 27.5. The molecule has 3 aliphatic carbocycles. The largest absolute Gasteiger partial charge is 0.481 e. The lowest BCUT2D eigenvalue weighted by molar-refractivity contribution is -0.208. The summed E-state index contributed by atoms with van der Waals surface area (Å²) in [4.78, 5) is 54.4. The second kappa shape index (κ2) is 12.0. The molecule has 3 atom stereocenters. The van der Waals surface area contributed by atoms with Crippen molar-refractivity contribution in [2.45, 2.75) is 63.2 Å². The number of carboxylic acid groups (broad SMARTS) is 1. The van der Waals surface area contributed by atoms with E-state index in [-0.39, 0.29) is 47.9 Å². The molecule has 8 rings (SSSR count). The minimum Gasteiger partial charge on any atom is -0.481 e. The highest BCUT2D eigenvalue weighted by molar-refractivity contribution is 7.11. The highest BCUT2D eigenvalue weighted by Crippen LogP contribution is 2.72. The van der Waals surface area contributed by atoms with Crippen molar-refractivity contribution in [3.8, 4) is 0 Å². The normalized spacial score (nSPS) is 29.9. The molecule has 1 aromatic heterocycles. The van der Waals surface area contributed by atoms with Crippen LogP contribution in [0.5, 0.6) is 0 Å². The van der Waals surface area contributed by atoms with E-state index in [1.165, 1.54) is 17.4 Å². The molecule has 3 aliphatic heterocycles. The summed E-state index contributed by atoms with van der Waals surface area (Å²) in [5, 5.41) is 15.2. The van der Waals surface area contributed by atoms with Crippen molar-refractivity contribution in [2.75, 3.05) is 46.5 Å². The van der Waals surface area contributed by atoms with E-state index < -0.39 is 18.0 Å². The number of aliphatic imine (C=N–C) groups is 1. The summed E-state index contributed by atoms with van der Waals surface area (Å²) >= 11 is 1.41. The van der Waals surface area contributed by atoms with Gasteiger partial charge in [-0.05, 0) is 55.7 Å². The summed E-state index contributed by atoms with van der Waals surface area (Å²) in [6.07, 6.45) is 4.03. The number of halogens is 1. The summed E-state index contributed by atoms with van der Waals surface area (Å²) in [7, 11) is 1.64. The Hall–Kier alpha value is -3.88. The number of esters is 1. The third-order valence-electron chi connectivity index (χ3n) is 10.6. The van der Waals surface area contributed by atoms with Gasteiger partial charge in [0.15, 0.2) is 10.8 Å². The van der Waals surface area contributed by atoms with E-state index >= 15 is 0 Å². The van der Waals surface area contributed by atoms with Crippen LogP contribution in [0.3, 0.4) is 0 Å². The molecule has 3 saturated carbocycles. The molecule has 2 N–H and O–H groups in total. The summed E-state index contributed by atoms with van der Waals surface area (Å²) in [6.45, 7) is 5.82. The molecule has 14 heteroatoms. The van der Waals surface area contributed by atoms with Crippen molar-refractivity contribution < 1.29 is 33.4 Å². The number of rotatable bonds is 11. The molecule has 0 radical (unpaired) electrons. The van der Waals surface area contributed by atoms with Gasteiger partial charge in [0.1, 0.15) is 11.9 Å². The lowest BCUT2D eigenvalue weighted by Crippen LogP contribution is -2.75. The minimum atomic E-state index is -0.826. The van der Waals surface area contributed by atoms with E-state index in [0.717, 1.165) is 19.3 Å². The average Bonchev–Trinajstić information content (AvgIpc) is 3.65. The Labute approximate surface area is 276 Å². The van der Waals surface area contributed by atoms with Crippen molar-refractivity contribution in [1.29, 1.82) is 0 Å². The molecule has 250 valence electrons. The number of nitrogens with one attached hydrogen (secondary N) is 1. The number of fused-ring (bicyclic) bond motifs is 1. The Balaban J connectivity index is 1.21. The number of amidine groups is 1. The SMILES string of the molecule is CCOC(=O)C1=C(CN2CCN3C(=O)N(C45CC(CC(=O)O)(C4)C5)C[C@@H]3[C@H]2COC)NC(c2nccs2)=N[C@H]1c1cccc(F)c1C. The van der Waals surface area contributed by atoms with Crippen molar-refractivity contribution in [1.82, 2.24) is 25.0 Å². The van der Waals surface area contributed by atoms with E-state index in [1.54, 1.807) is 39.3 Å². The van der Waals surface area contributed by atoms with Crippen LogP contribution in [0, 0.1) is 18.2 Å². The van der Waals surface area contributed by atoms with Crippen LogP contribution < -0.4 is 5.32 Å². The molecular formula is C33H39FN6O6S. The maximum absolute atomic E-state index is 14.9. The maximum atomic E-state index is 14.9. The lowest BCUT2D eigenvalue weighted by Gasteiger charge is -2.73. The molecule has 5 fully saturated rings. The van der Waals surface area contributed by atoms with Crippen molar-refractivity contribution >= 4 is 35.1 Å². The highest BCUT2D eigenvalue weighted by atomic mass is 32.1. The van der Waals surface area contributed by atoms with E-state index in [4.69, 9.17) is 14.5 Å². The molecule has 2 bridgehead atoms. The van der Waals surface area contributed by atoms with Gasteiger partial charge in [0.2, 0.25) is 0 Å². The fraction of sp³-hybridized carbons (Fsp3) is 0.545. The van der Waals surface area contributed by atoms with Crippen molar-refractivity contribution in [3.05, 3.63) is 63.0 Å². The molecule has 12 nitrogen and oxygen atoms in total. The number of ether oxygens (including phenoxy) is 2. The first-order valence-corrected chi connectivity index (χ1v) is 16.9. The van der Waals surface area contributed by atoms with Gasteiger partial charge in [-0.2, -0.15) is 0 Å². The van der Waals surface area contributed by atoms with Gasteiger partial charge < -0.3 is 29.7 Å². The number of hydrogen-bond donors (Lipinski definition) is 2. The van der Waals surface area contributed by atoms with Crippen LogP contribution in [-0.4, -0.2) is 113 Å². The van der Waals surface area contributed by atoms with E-state index in [0.29, 0.717) is 66.0 Å². The number of hydrogen-bond acceptors (Lipinski definition) is 10. The summed E-state index contributed by atoms with van der Waals surface area (Å²) in [5.74, 6) is -1.22. The van der Waals surface area contributed by atoms with E-state index in [9.17, 15) is 23.9 Å². The van der Waals surface area contributed by atoms with Gasteiger partial charge in [-0.3, -0.25) is 14.7 Å². The topological polar surface area (TPSA) is 137 Å². The van der Waals surface area contributed by atoms with Crippen LogP contribution >= 0.6 is 11.3 Å². The molecule has 4 heterocycles. The third-order valence-corrected chi connectivity index (χ3v) is 11.3. The van der Waals surface area contributed by atoms with Gasteiger partial charge in [-0.15, -0.1) is 11.3 Å². The second-order valence-corrected chi connectivity index (χ2v) is 14.3. The molecule has 2 aromatic rings. The number of nitrogens with zero attached hydrogens (tertiary/aromatic N) is 5.